The van der Waals surface area contributed by atoms with Crippen molar-refractivity contribution in [2.24, 2.45) is 0 Å². The molecule has 2 heterocycles. The van der Waals surface area contributed by atoms with Crippen LogP contribution in [0.25, 0.3) is 22.9 Å². The first kappa shape index (κ1) is 32.5. The van der Waals surface area contributed by atoms with Gasteiger partial charge >= 0.3 is 12.1 Å². The normalized spacial score (nSPS) is 12.0. The number of hydrogen-bond acceptors (Lipinski definition) is 10. The number of alkyl carbamates (subject to hydrolysis) is 1. The Morgan fingerprint density at radius 3 is 2.53 bits per heavy atom. The number of benzene rings is 2. The fourth-order valence-electron chi connectivity index (χ4n) is 4.11. The first-order valence-corrected chi connectivity index (χ1v) is 14.0. The molecule has 0 unspecified atom stereocenters. The molecule has 4 aromatic rings. The van der Waals surface area contributed by atoms with Gasteiger partial charge in [-0.25, -0.2) is 9.89 Å². The van der Waals surface area contributed by atoms with Crippen LogP contribution in [-0.2, 0) is 25.5 Å². The minimum absolute atomic E-state index is 0.0824. The second-order valence-corrected chi connectivity index (χ2v) is 11.2. The summed E-state index contributed by atoms with van der Waals surface area (Å²) >= 11 is 6.18. The van der Waals surface area contributed by atoms with Gasteiger partial charge in [0.05, 0.1) is 36.5 Å². The lowest BCUT2D eigenvalue weighted by Crippen LogP contribution is -2.40. The fraction of sp³-hybridized carbons (Fsp3) is 0.267. The number of nitrogens with zero attached hydrogens (tertiary/aromatic N) is 5. The number of aromatic amines is 1. The molecule has 0 fully saturated rings. The van der Waals surface area contributed by atoms with E-state index in [1.165, 1.54) is 36.3 Å². The van der Waals surface area contributed by atoms with E-state index in [4.69, 9.17) is 21.1 Å². The SMILES string of the molecule is COC(=O)Cc1ccc(-c2cc([C@H](CNC(=O)OC(C)(C)C)NC(=O)/C=C/c3cc(Cl)ccc3-n3cnnn3)n[nH]c2=O)cc1. The van der Waals surface area contributed by atoms with Crippen LogP contribution in [0.3, 0.4) is 0 Å². The Labute approximate surface area is 262 Å². The molecule has 4 rings (SSSR count). The molecular weight excluding hydrogens is 604 g/mol. The Balaban J connectivity index is 1.60. The molecule has 15 heteroatoms. The average Bonchev–Trinajstić information content (AvgIpc) is 3.53. The molecule has 234 valence electrons. The number of carbonyl (C=O) groups excluding carboxylic acids is 3. The second-order valence-electron chi connectivity index (χ2n) is 10.7. The van der Waals surface area contributed by atoms with Crippen LogP contribution in [0, 0.1) is 0 Å². The zero-order valence-electron chi connectivity index (χ0n) is 24.9. The maximum atomic E-state index is 13.2. The number of H-pyrrole nitrogens is 1. The molecule has 0 aliphatic heterocycles. The highest BCUT2D eigenvalue weighted by Crippen LogP contribution is 2.22. The number of nitrogens with one attached hydrogen (secondary N) is 3. The third-order valence-corrected chi connectivity index (χ3v) is 6.42. The summed E-state index contributed by atoms with van der Waals surface area (Å²) in [4.78, 5) is 50.0. The van der Waals surface area contributed by atoms with Gasteiger partial charge in [0, 0.05) is 23.2 Å². The minimum Gasteiger partial charge on any atom is -0.469 e. The zero-order valence-corrected chi connectivity index (χ0v) is 25.7. The Morgan fingerprint density at radius 1 is 1.11 bits per heavy atom. The Hall–Kier alpha value is -5.37. The Kier molecular flexibility index (Phi) is 10.4. The quantitative estimate of drug-likeness (QED) is 0.173. The number of halogens is 1. The Morgan fingerprint density at radius 2 is 1.87 bits per heavy atom. The van der Waals surface area contributed by atoms with Crippen molar-refractivity contribution in [1.82, 2.24) is 41.0 Å². The highest BCUT2D eigenvalue weighted by molar-refractivity contribution is 6.30. The number of hydrogen-bond donors (Lipinski definition) is 3. The molecule has 2 aromatic carbocycles. The zero-order chi connectivity index (χ0) is 32.6. The van der Waals surface area contributed by atoms with Gasteiger partial charge in [0.15, 0.2) is 0 Å². The van der Waals surface area contributed by atoms with Crippen LogP contribution in [-0.4, -0.2) is 67.6 Å². The molecule has 0 spiro atoms. The van der Waals surface area contributed by atoms with Gasteiger partial charge in [-0.05, 0) is 72.7 Å². The summed E-state index contributed by atoms with van der Waals surface area (Å²) in [6.45, 7) is 5.06. The van der Waals surface area contributed by atoms with Gasteiger partial charge in [-0.2, -0.15) is 9.78 Å². The van der Waals surface area contributed by atoms with Crippen molar-refractivity contribution >= 4 is 35.6 Å². The number of ether oxygens (including phenoxy) is 2. The average molecular weight is 635 g/mol. The predicted octanol–water partition coefficient (Wildman–Crippen LogP) is 3.18. The highest BCUT2D eigenvalue weighted by Gasteiger charge is 2.21. The first-order valence-electron chi connectivity index (χ1n) is 13.7. The monoisotopic (exact) mass is 634 g/mol. The third kappa shape index (κ3) is 9.31. The van der Waals surface area contributed by atoms with E-state index in [9.17, 15) is 19.2 Å². The molecule has 45 heavy (non-hydrogen) atoms. The van der Waals surface area contributed by atoms with Crippen molar-refractivity contribution in [2.45, 2.75) is 38.8 Å². The summed E-state index contributed by atoms with van der Waals surface area (Å²) in [5, 5.41) is 23.7. The summed E-state index contributed by atoms with van der Waals surface area (Å²) in [5.41, 5.74) is 1.71. The molecule has 3 N–H and O–H groups in total. The highest BCUT2D eigenvalue weighted by atomic mass is 35.5. The molecule has 0 radical (unpaired) electrons. The van der Waals surface area contributed by atoms with Crippen LogP contribution >= 0.6 is 11.6 Å². The van der Waals surface area contributed by atoms with Gasteiger partial charge in [-0.3, -0.25) is 14.4 Å². The molecule has 2 amide bonds. The van der Waals surface area contributed by atoms with Crippen molar-refractivity contribution < 1.29 is 23.9 Å². The number of aromatic nitrogens is 6. The molecule has 14 nitrogen and oxygen atoms in total. The number of rotatable bonds is 10. The maximum Gasteiger partial charge on any atom is 0.407 e. The number of carbonyl (C=O) groups is 3. The van der Waals surface area contributed by atoms with E-state index in [-0.39, 0.29) is 30.2 Å². The van der Waals surface area contributed by atoms with Crippen LogP contribution in [0.4, 0.5) is 4.79 Å². The van der Waals surface area contributed by atoms with Crippen molar-refractivity contribution in [3.05, 3.63) is 93.1 Å². The number of tetrazole rings is 1. The standard InChI is InChI=1S/C30H31ClN8O6/c1-30(2,3)45-29(43)32-16-24(34-26(40)12-9-20-14-21(31)10-11-25(20)39-17-33-37-38-39)23-15-22(28(42)36-35-23)19-7-5-18(6-8-19)13-27(41)44-4/h5-12,14-15,17,24H,13,16H2,1-4H3,(H,32,43)(H,34,40)(H,36,42)/b12-9+/t24-/m0/s1. The topological polar surface area (TPSA) is 183 Å². The lowest BCUT2D eigenvalue weighted by Gasteiger charge is -2.22. The number of esters is 1. The fourth-order valence-corrected chi connectivity index (χ4v) is 4.29. The summed E-state index contributed by atoms with van der Waals surface area (Å²) in [6, 6.07) is 12.4. The van der Waals surface area contributed by atoms with Crippen molar-refractivity contribution in [3.63, 3.8) is 0 Å². The molecule has 0 aliphatic rings. The lowest BCUT2D eigenvalue weighted by molar-refractivity contribution is -0.139. The van der Waals surface area contributed by atoms with E-state index in [0.29, 0.717) is 27.4 Å². The molecule has 1 atom stereocenters. The van der Waals surface area contributed by atoms with Crippen molar-refractivity contribution in [2.75, 3.05) is 13.7 Å². The van der Waals surface area contributed by atoms with Gasteiger partial charge in [0.1, 0.15) is 11.9 Å². The van der Waals surface area contributed by atoms with E-state index in [1.54, 1.807) is 63.2 Å². The summed E-state index contributed by atoms with van der Waals surface area (Å²) in [7, 11) is 1.31. The maximum absolute atomic E-state index is 13.2. The van der Waals surface area contributed by atoms with Crippen LogP contribution in [0.15, 0.2) is 65.7 Å². The van der Waals surface area contributed by atoms with Gasteiger partial charge in [-0.1, -0.05) is 35.9 Å². The molecule has 2 aromatic heterocycles. The van der Waals surface area contributed by atoms with Crippen LogP contribution in [0.2, 0.25) is 5.02 Å². The van der Waals surface area contributed by atoms with Gasteiger partial charge in [0.2, 0.25) is 5.91 Å². The van der Waals surface area contributed by atoms with Crippen LogP contribution in [0.1, 0.15) is 43.6 Å². The molecule has 0 saturated carbocycles. The summed E-state index contributed by atoms with van der Waals surface area (Å²) < 4.78 is 11.5. The Bertz CT molecular complexity index is 1750. The smallest absolute Gasteiger partial charge is 0.407 e. The van der Waals surface area contributed by atoms with E-state index >= 15 is 0 Å². The van der Waals surface area contributed by atoms with E-state index in [1.807, 2.05) is 0 Å². The van der Waals surface area contributed by atoms with Crippen LogP contribution in [0.5, 0.6) is 0 Å². The van der Waals surface area contributed by atoms with Crippen molar-refractivity contribution in [1.29, 1.82) is 0 Å². The number of methoxy groups -OCH3 is 1. The van der Waals surface area contributed by atoms with Gasteiger partial charge in [0.25, 0.3) is 5.56 Å². The first-order chi connectivity index (χ1) is 21.4. The van der Waals surface area contributed by atoms with E-state index < -0.39 is 29.2 Å². The largest absolute Gasteiger partial charge is 0.469 e. The third-order valence-electron chi connectivity index (χ3n) is 6.19. The summed E-state index contributed by atoms with van der Waals surface area (Å²) in [5.74, 6) is -0.922. The van der Waals surface area contributed by atoms with Crippen LogP contribution < -0.4 is 16.2 Å². The van der Waals surface area contributed by atoms with Crippen molar-refractivity contribution in [3.8, 4) is 16.8 Å². The summed E-state index contributed by atoms with van der Waals surface area (Å²) in [6.07, 6.45) is 3.61. The van der Waals surface area contributed by atoms with E-state index in [0.717, 1.165) is 0 Å². The lowest BCUT2D eigenvalue weighted by atomic mass is 10.0. The molecule has 0 aliphatic carbocycles. The van der Waals surface area contributed by atoms with E-state index in [2.05, 4.69) is 36.4 Å². The van der Waals surface area contributed by atoms with Gasteiger partial charge < -0.3 is 20.1 Å². The molecular formula is C30H31ClN8O6. The minimum atomic E-state index is -0.887. The molecule has 0 saturated heterocycles. The molecule has 0 bridgehead atoms. The number of amides is 2. The van der Waals surface area contributed by atoms with Gasteiger partial charge in [-0.15, -0.1) is 5.10 Å². The predicted molar refractivity (Wildman–Crippen MR) is 164 cm³/mol. The second kappa shape index (κ2) is 14.4.